The van der Waals surface area contributed by atoms with E-state index in [1.54, 1.807) is 0 Å². The molecule has 0 heterocycles. The Hall–Kier alpha value is -1.66. The molecule has 0 atom stereocenters. The van der Waals surface area contributed by atoms with E-state index in [2.05, 4.69) is 4.72 Å². The van der Waals surface area contributed by atoms with Gasteiger partial charge in [-0.1, -0.05) is 23.7 Å². The first-order valence-electron chi connectivity index (χ1n) is 6.79. The average Bonchev–Trinajstić information content (AvgIpc) is 2.51. The second-order valence-corrected chi connectivity index (χ2v) is 8.86. The van der Waals surface area contributed by atoms with Crippen molar-refractivity contribution >= 4 is 31.6 Å². The number of primary sulfonamides is 1. The minimum absolute atomic E-state index is 0.230. The van der Waals surface area contributed by atoms with Crippen LogP contribution in [0.25, 0.3) is 0 Å². The van der Waals surface area contributed by atoms with Gasteiger partial charge in [-0.25, -0.2) is 26.7 Å². The lowest BCUT2D eigenvalue weighted by molar-refractivity contribution is -0.137. The molecule has 0 aromatic heterocycles. The third-order valence-corrected chi connectivity index (χ3v) is 6.04. The van der Waals surface area contributed by atoms with Crippen LogP contribution in [0.4, 0.5) is 13.2 Å². The van der Waals surface area contributed by atoms with Gasteiger partial charge in [-0.05, 0) is 35.9 Å². The lowest BCUT2D eigenvalue weighted by Gasteiger charge is -2.12. The molecular formula is C14H12ClF3N2O4S2. The van der Waals surface area contributed by atoms with Crippen LogP contribution in [0.5, 0.6) is 0 Å². The fourth-order valence-corrected chi connectivity index (χ4v) is 4.10. The van der Waals surface area contributed by atoms with Crippen LogP contribution in [0.2, 0.25) is 5.02 Å². The Labute approximate surface area is 152 Å². The maximum Gasteiger partial charge on any atom is 0.416 e. The van der Waals surface area contributed by atoms with Crippen LogP contribution in [-0.2, 0) is 32.8 Å². The Morgan fingerprint density at radius 3 is 2.27 bits per heavy atom. The van der Waals surface area contributed by atoms with Gasteiger partial charge in [-0.2, -0.15) is 13.2 Å². The zero-order valence-corrected chi connectivity index (χ0v) is 15.2. The van der Waals surface area contributed by atoms with E-state index in [9.17, 15) is 30.0 Å². The third kappa shape index (κ3) is 4.95. The number of hydrogen-bond donors (Lipinski definition) is 2. The number of alkyl halides is 3. The highest BCUT2D eigenvalue weighted by Gasteiger charge is 2.32. The number of sulfonamides is 2. The molecule has 142 valence electrons. The van der Waals surface area contributed by atoms with Gasteiger partial charge in [0.1, 0.15) is 4.90 Å². The van der Waals surface area contributed by atoms with Gasteiger partial charge in [0.15, 0.2) is 0 Å². The summed E-state index contributed by atoms with van der Waals surface area (Å²) in [5.74, 6) is 0. The van der Waals surface area contributed by atoms with E-state index in [-0.39, 0.29) is 22.0 Å². The van der Waals surface area contributed by atoms with E-state index < -0.39 is 36.7 Å². The van der Waals surface area contributed by atoms with Gasteiger partial charge in [0.25, 0.3) is 0 Å². The highest BCUT2D eigenvalue weighted by molar-refractivity contribution is 7.89. The molecule has 6 nitrogen and oxygen atoms in total. The summed E-state index contributed by atoms with van der Waals surface area (Å²) in [4.78, 5) is -0.970. The van der Waals surface area contributed by atoms with Crippen molar-refractivity contribution < 1.29 is 30.0 Å². The molecule has 0 aliphatic rings. The van der Waals surface area contributed by atoms with Crippen LogP contribution in [0, 0.1) is 0 Å². The van der Waals surface area contributed by atoms with Crippen LogP contribution in [-0.4, -0.2) is 16.8 Å². The molecule has 0 unspecified atom stereocenters. The first-order chi connectivity index (χ1) is 11.8. The molecule has 0 aliphatic heterocycles. The summed E-state index contributed by atoms with van der Waals surface area (Å²) < 4.78 is 87.5. The van der Waals surface area contributed by atoms with Crippen molar-refractivity contribution in [2.24, 2.45) is 5.14 Å². The molecule has 0 radical (unpaired) electrons. The standard InChI is InChI=1S/C14H12ClF3N2O4S2/c15-12-5-4-10(14(16,17)18)7-13(12)26(23,24)20-8-9-2-1-3-11(6-9)25(19,21)22/h1-7,20H,8H2,(H2,19,21,22). The highest BCUT2D eigenvalue weighted by atomic mass is 35.5. The van der Waals surface area contributed by atoms with Gasteiger partial charge in [-0.15, -0.1) is 0 Å². The van der Waals surface area contributed by atoms with Crippen LogP contribution >= 0.6 is 11.6 Å². The number of halogens is 4. The third-order valence-electron chi connectivity index (χ3n) is 3.24. The van der Waals surface area contributed by atoms with Crippen molar-refractivity contribution in [3.05, 3.63) is 58.6 Å². The van der Waals surface area contributed by atoms with Crippen molar-refractivity contribution in [1.82, 2.24) is 4.72 Å². The smallest absolute Gasteiger partial charge is 0.225 e. The van der Waals surface area contributed by atoms with Crippen LogP contribution < -0.4 is 9.86 Å². The second-order valence-electron chi connectivity index (χ2n) is 5.16. The first kappa shape index (κ1) is 20.6. The topological polar surface area (TPSA) is 106 Å². The van der Waals surface area contributed by atoms with Crippen LogP contribution in [0.15, 0.2) is 52.3 Å². The molecule has 3 N–H and O–H groups in total. The zero-order valence-electron chi connectivity index (χ0n) is 12.8. The molecule has 0 bridgehead atoms. The molecule has 0 saturated heterocycles. The number of hydrogen-bond acceptors (Lipinski definition) is 4. The van der Waals surface area contributed by atoms with E-state index in [1.165, 1.54) is 18.2 Å². The van der Waals surface area contributed by atoms with E-state index in [0.717, 1.165) is 12.1 Å². The monoisotopic (exact) mass is 428 g/mol. The average molecular weight is 429 g/mol. The van der Waals surface area contributed by atoms with Crippen molar-refractivity contribution in [3.8, 4) is 0 Å². The number of nitrogens with one attached hydrogen (secondary N) is 1. The number of rotatable bonds is 5. The van der Waals surface area contributed by atoms with Gasteiger partial charge in [0, 0.05) is 6.54 Å². The molecule has 0 amide bonds. The Kier molecular flexibility index (Phi) is 5.69. The van der Waals surface area contributed by atoms with Gasteiger partial charge in [-0.3, -0.25) is 0 Å². The van der Waals surface area contributed by atoms with Crippen molar-refractivity contribution in [1.29, 1.82) is 0 Å². The summed E-state index contributed by atoms with van der Waals surface area (Å²) in [6.45, 7) is -0.377. The van der Waals surface area contributed by atoms with Crippen molar-refractivity contribution in [3.63, 3.8) is 0 Å². The van der Waals surface area contributed by atoms with E-state index in [0.29, 0.717) is 12.1 Å². The normalized spacial score (nSPS) is 13.0. The molecule has 0 aliphatic carbocycles. The van der Waals surface area contributed by atoms with Gasteiger partial charge in [0.2, 0.25) is 20.0 Å². The quantitative estimate of drug-likeness (QED) is 0.762. The fraction of sp³-hybridized carbons (Fsp3) is 0.143. The minimum Gasteiger partial charge on any atom is -0.225 e. The van der Waals surface area contributed by atoms with Crippen LogP contribution in [0.1, 0.15) is 11.1 Å². The Balaban J connectivity index is 2.30. The predicted molar refractivity (Wildman–Crippen MR) is 88.3 cm³/mol. The molecule has 12 heteroatoms. The fourth-order valence-electron chi connectivity index (χ4n) is 1.97. The molecule has 2 rings (SSSR count). The highest BCUT2D eigenvalue weighted by Crippen LogP contribution is 2.33. The minimum atomic E-state index is -4.74. The molecule has 0 spiro atoms. The SMILES string of the molecule is NS(=O)(=O)c1cccc(CNS(=O)(=O)c2cc(C(F)(F)F)ccc2Cl)c1. The molecule has 2 aromatic rings. The van der Waals surface area contributed by atoms with Gasteiger partial charge >= 0.3 is 6.18 Å². The molecule has 0 fully saturated rings. The van der Waals surface area contributed by atoms with Crippen molar-refractivity contribution in [2.45, 2.75) is 22.5 Å². The number of benzene rings is 2. The Bertz CT molecular complexity index is 1040. The lowest BCUT2D eigenvalue weighted by atomic mass is 10.2. The lowest BCUT2D eigenvalue weighted by Crippen LogP contribution is -2.24. The molecule has 0 saturated carbocycles. The second kappa shape index (κ2) is 7.16. The molecule has 2 aromatic carbocycles. The summed E-state index contributed by atoms with van der Waals surface area (Å²) in [5.41, 5.74) is -0.929. The molecular weight excluding hydrogens is 417 g/mol. The summed E-state index contributed by atoms with van der Waals surface area (Å²) in [7, 11) is -8.37. The molecule has 26 heavy (non-hydrogen) atoms. The Morgan fingerprint density at radius 2 is 1.69 bits per heavy atom. The van der Waals surface area contributed by atoms with E-state index in [1.807, 2.05) is 0 Å². The predicted octanol–water partition coefficient (Wildman–Crippen LogP) is 2.48. The maximum absolute atomic E-state index is 12.8. The zero-order chi connectivity index (χ0) is 19.8. The summed E-state index contributed by atoms with van der Waals surface area (Å²) in [6, 6.07) is 7.05. The maximum atomic E-state index is 12.8. The largest absolute Gasteiger partial charge is 0.416 e. The van der Waals surface area contributed by atoms with Crippen molar-refractivity contribution in [2.75, 3.05) is 0 Å². The van der Waals surface area contributed by atoms with E-state index in [4.69, 9.17) is 16.7 Å². The van der Waals surface area contributed by atoms with Crippen LogP contribution in [0.3, 0.4) is 0 Å². The summed E-state index contributed by atoms with van der Waals surface area (Å²) in [5, 5.41) is 4.60. The van der Waals surface area contributed by atoms with Gasteiger partial charge in [0.05, 0.1) is 15.5 Å². The summed E-state index contributed by atoms with van der Waals surface area (Å²) in [6.07, 6.45) is -4.74. The van der Waals surface area contributed by atoms with E-state index >= 15 is 0 Å². The first-order valence-corrected chi connectivity index (χ1v) is 10.2. The summed E-state index contributed by atoms with van der Waals surface area (Å²) >= 11 is 5.72. The van der Waals surface area contributed by atoms with Gasteiger partial charge < -0.3 is 0 Å². The Morgan fingerprint density at radius 1 is 1.04 bits per heavy atom. The number of nitrogens with two attached hydrogens (primary N) is 1.